The van der Waals surface area contributed by atoms with Crippen LogP contribution in [0.2, 0.25) is 0 Å². The molecule has 4 aromatic rings. The lowest BCUT2D eigenvalue weighted by Crippen LogP contribution is -2.43. The Balaban J connectivity index is 1.55. The molecule has 0 saturated carbocycles. The van der Waals surface area contributed by atoms with Gasteiger partial charge < -0.3 is 19.3 Å². The highest BCUT2D eigenvalue weighted by molar-refractivity contribution is 7.91. The number of fused-ring (bicyclic) bond motifs is 2. The molecule has 8 nitrogen and oxygen atoms in total. The molecule has 1 amide bonds. The Labute approximate surface area is 199 Å². The molecular formula is C25H22FNO7S. The summed E-state index contributed by atoms with van der Waals surface area (Å²) in [5.41, 5.74) is 2.97. The number of rotatable bonds is 4. The van der Waals surface area contributed by atoms with Gasteiger partial charge in [0, 0.05) is 21.9 Å². The van der Waals surface area contributed by atoms with Gasteiger partial charge >= 0.3 is 5.63 Å². The minimum absolute atomic E-state index is 0.135. The first-order valence-electron chi connectivity index (χ1n) is 10.9. The Hall–Kier alpha value is -3.50. The van der Waals surface area contributed by atoms with Crippen molar-refractivity contribution in [3.8, 4) is 11.1 Å². The van der Waals surface area contributed by atoms with Gasteiger partial charge in [0.25, 0.3) is 0 Å². The molecule has 0 bridgehead atoms. The second-order valence-corrected chi connectivity index (χ2v) is 11.1. The van der Waals surface area contributed by atoms with Gasteiger partial charge in [-0.05, 0) is 43.2 Å². The van der Waals surface area contributed by atoms with Crippen LogP contribution in [-0.2, 0) is 21.1 Å². The number of carbonyl (C=O) groups excluding carboxylic acids is 1. The maximum atomic E-state index is 13.4. The van der Waals surface area contributed by atoms with Crippen molar-refractivity contribution in [3.05, 3.63) is 69.5 Å². The molecule has 0 aliphatic carbocycles. The number of aliphatic hydroxyl groups is 1. The highest BCUT2D eigenvalue weighted by Crippen LogP contribution is 2.37. The Morgan fingerprint density at radius 2 is 1.83 bits per heavy atom. The molecule has 0 radical (unpaired) electrons. The molecule has 0 spiro atoms. The standard InChI is InChI=1S/C25H22FNO7S/c1-12-16-7-18-19(14-3-5-15(26)6-4-14)9-33-23(18)13(2)24(16)34-25(30)17(12)8-22(29)27-20-10-35(31,32)11-21(20)28/h3-7,9,20-21,28H,8,10-11H2,1-2H3,(H,27,29)/t20-,21-/m0/s1. The molecule has 2 aromatic carbocycles. The van der Waals surface area contributed by atoms with Crippen molar-refractivity contribution < 1.29 is 31.5 Å². The molecule has 0 unspecified atom stereocenters. The van der Waals surface area contributed by atoms with E-state index in [1.54, 1.807) is 32.2 Å². The normalized spacial score (nSPS) is 19.4. The van der Waals surface area contributed by atoms with Crippen molar-refractivity contribution >= 4 is 37.7 Å². The second kappa shape index (κ2) is 8.31. The lowest BCUT2D eigenvalue weighted by Gasteiger charge is -2.15. The molecule has 182 valence electrons. The zero-order valence-electron chi connectivity index (χ0n) is 18.9. The molecule has 35 heavy (non-hydrogen) atoms. The van der Waals surface area contributed by atoms with Crippen molar-refractivity contribution in [2.45, 2.75) is 32.4 Å². The van der Waals surface area contributed by atoms with Gasteiger partial charge in [-0.15, -0.1) is 0 Å². The zero-order valence-corrected chi connectivity index (χ0v) is 19.7. The van der Waals surface area contributed by atoms with Gasteiger partial charge in [-0.1, -0.05) is 12.1 Å². The quantitative estimate of drug-likeness (QED) is 0.414. The van der Waals surface area contributed by atoms with Crippen LogP contribution in [0, 0.1) is 19.7 Å². The maximum Gasteiger partial charge on any atom is 0.340 e. The topological polar surface area (TPSA) is 127 Å². The minimum Gasteiger partial charge on any atom is -0.463 e. The van der Waals surface area contributed by atoms with Gasteiger partial charge in [0.1, 0.15) is 17.0 Å². The first kappa shape index (κ1) is 23.3. The molecule has 10 heteroatoms. The smallest absolute Gasteiger partial charge is 0.340 e. The van der Waals surface area contributed by atoms with E-state index in [4.69, 9.17) is 8.83 Å². The Bertz CT molecular complexity index is 1650. The van der Waals surface area contributed by atoms with Crippen molar-refractivity contribution in [3.63, 3.8) is 0 Å². The lowest BCUT2D eigenvalue weighted by atomic mass is 9.97. The van der Waals surface area contributed by atoms with Crippen LogP contribution in [0.1, 0.15) is 16.7 Å². The number of benzene rings is 2. The minimum atomic E-state index is -3.43. The Kier molecular flexibility index (Phi) is 5.52. The Morgan fingerprint density at radius 1 is 1.11 bits per heavy atom. The molecule has 1 aliphatic heterocycles. The van der Waals surface area contributed by atoms with E-state index in [2.05, 4.69) is 5.32 Å². The van der Waals surface area contributed by atoms with Gasteiger partial charge in [0.05, 0.1) is 41.9 Å². The van der Waals surface area contributed by atoms with Crippen LogP contribution in [-0.4, -0.2) is 43.1 Å². The summed E-state index contributed by atoms with van der Waals surface area (Å²) in [5.74, 6) is -1.71. The molecule has 1 saturated heterocycles. The molecule has 2 N–H and O–H groups in total. The van der Waals surface area contributed by atoms with E-state index in [1.807, 2.05) is 6.07 Å². The van der Waals surface area contributed by atoms with Gasteiger partial charge in [0.15, 0.2) is 9.84 Å². The number of aryl methyl sites for hydroxylation is 2. The third-order valence-electron chi connectivity index (χ3n) is 6.50. The van der Waals surface area contributed by atoms with Crippen LogP contribution < -0.4 is 10.9 Å². The van der Waals surface area contributed by atoms with E-state index in [1.165, 1.54) is 12.1 Å². The summed E-state index contributed by atoms with van der Waals surface area (Å²) < 4.78 is 48.1. The summed E-state index contributed by atoms with van der Waals surface area (Å²) in [6.45, 7) is 3.47. The fourth-order valence-corrected chi connectivity index (χ4v) is 6.38. The largest absolute Gasteiger partial charge is 0.463 e. The number of sulfone groups is 1. The number of aliphatic hydroxyl groups excluding tert-OH is 1. The second-order valence-electron chi connectivity index (χ2n) is 8.90. The van der Waals surface area contributed by atoms with Crippen LogP contribution in [0.5, 0.6) is 0 Å². The maximum absolute atomic E-state index is 13.4. The van der Waals surface area contributed by atoms with E-state index < -0.39 is 39.3 Å². The van der Waals surface area contributed by atoms with Gasteiger partial charge in [-0.25, -0.2) is 17.6 Å². The number of carbonyl (C=O) groups is 1. The SMILES string of the molecule is Cc1c(CC(=O)N[C@H]2CS(=O)(=O)C[C@@H]2O)c(=O)oc2c(C)c3occ(-c4ccc(F)cc4)c3cc12. The predicted octanol–water partition coefficient (Wildman–Crippen LogP) is 2.78. The van der Waals surface area contributed by atoms with Crippen LogP contribution >= 0.6 is 0 Å². The van der Waals surface area contributed by atoms with Gasteiger partial charge in [-0.3, -0.25) is 4.79 Å². The fourth-order valence-electron chi connectivity index (χ4n) is 4.64. The summed E-state index contributed by atoms with van der Waals surface area (Å²) in [5, 5.41) is 13.8. The average Bonchev–Trinajstić information content (AvgIpc) is 3.32. The molecule has 1 fully saturated rings. The Morgan fingerprint density at radius 3 is 2.49 bits per heavy atom. The number of furan rings is 1. The molecular weight excluding hydrogens is 477 g/mol. The fraction of sp³-hybridized carbons (Fsp3) is 0.280. The van der Waals surface area contributed by atoms with E-state index in [-0.39, 0.29) is 23.6 Å². The lowest BCUT2D eigenvalue weighted by molar-refractivity contribution is -0.121. The first-order valence-corrected chi connectivity index (χ1v) is 12.8. The van der Waals surface area contributed by atoms with Crippen molar-refractivity contribution in [1.82, 2.24) is 5.32 Å². The third-order valence-corrected chi connectivity index (χ3v) is 8.22. The van der Waals surface area contributed by atoms with E-state index in [0.717, 1.165) is 16.5 Å². The van der Waals surface area contributed by atoms with Gasteiger partial charge in [-0.2, -0.15) is 0 Å². The molecule has 1 aliphatic rings. The predicted molar refractivity (Wildman–Crippen MR) is 127 cm³/mol. The van der Waals surface area contributed by atoms with Crippen molar-refractivity contribution in [1.29, 1.82) is 0 Å². The van der Waals surface area contributed by atoms with Crippen LogP contribution in [0.3, 0.4) is 0 Å². The monoisotopic (exact) mass is 499 g/mol. The van der Waals surface area contributed by atoms with Crippen molar-refractivity contribution in [2.24, 2.45) is 0 Å². The molecule has 2 atom stereocenters. The summed E-state index contributed by atoms with van der Waals surface area (Å²) in [6.07, 6.45) is 0.0349. The third kappa shape index (κ3) is 4.12. The summed E-state index contributed by atoms with van der Waals surface area (Å²) in [6, 6.07) is 6.89. The number of hydrogen-bond acceptors (Lipinski definition) is 7. The molecule has 5 rings (SSSR count). The van der Waals surface area contributed by atoms with Crippen LogP contribution in [0.15, 0.2) is 50.2 Å². The van der Waals surface area contributed by atoms with E-state index in [9.17, 15) is 27.5 Å². The summed E-state index contributed by atoms with van der Waals surface area (Å²) in [4.78, 5) is 25.4. The molecule has 2 aromatic heterocycles. The number of halogens is 1. The highest BCUT2D eigenvalue weighted by atomic mass is 32.2. The number of amides is 1. The van der Waals surface area contributed by atoms with Crippen LogP contribution in [0.25, 0.3) is 33.1 Å². The first-order chi connectivity index (χ1) is 16.5. The summed E-state index contributed by atoms with van der Waals surface area (Å²) in [7, 11) is -3.43. The summed E-state index contributed by atoms with van der Waals surface area (Å²) >= 11 is 0. The van der Waals surface area contributed by atoms with Crippen LogP contribution in [0.4, 0.5) is 4.39 Å². The number of hydrogen-bond donors (Lipinski definition) is 2. The van der Waals surface area contributed by atoms with E-state index in [0.29, 0.717) is 27.7 Å². The zero-order chi connectivity index (χ0) is 25.1. The van der Waals surface area contributed by atoms with E-state index >= 15 is 0 Å². The highest BCUT2D eigenvalue weighted by Gasteiger charge is 2.37. The van der Waals surface area contributed by atoms with Crippen molar-refractivity contribution in [2.75, 3.05) is 11.5 Å². The molecule has 3 heterocycles. The van der Waals surface area contributed by atoms with Gasteiger partial charge in [0.2, 0.25) is 5.91 Å². The average molecular weight is 500 g/mol. The number of nitrogens with one attached hydrogen (secondary N) is 1.